The lowest BCUT2D eigenvalue weighted by molar-refractivity contribution is -0.143. The van der Waals surface area contributed by atoms with Crippen LogP contribution in [-0.2, 0) is 19.1 Å². The zero-order valence-electron chi connectivity index (χ0n) is 16.3. The van der Waals surface area contributed by atoms with E-state index < -0.39 is 5.97 Å². The Labute approximate surface area is 214 Å². The average Bonchev–Trinajstić information content (AvgIpc) is 2.74. The molecule has 8 nitrogen and oxygen atoms in total. The number of esters is 2. The number of anilines is 2. The van der Waals surface area contributed by atoms with E-state index in [1.165, 1.54) is 32.4 Å². The summed E-state index contributed by atoms with van der Waals surface area (Å²) in [6.07, 6.45) is 0. The van der Waals surface area contributed by atoms with Crippen LogP contribution in [0.3, 0.4) is 0 Å². The highest BCUT2D eigenvalue weighted by Crippen LogP contribution is 2.33. The number of aromatic hydroxyl groups is 1. The molecule has 0 aliphatic carbocycles. The molecule has 0 fully saturated rings. The van der Waals surface area contributed by atoms with E-state index in [-0.39, 0.29) is 29.3 Å². The van der Waals surface area contributed by atoms with Crippen LogP contribution in [0.2, 0.25) is 10.0 Å². The van der Waals surface area contributed by atoms with E-state index in [0.29, 0.717) is 30.4 Å². The van der Waals surface area contributed by atoms with Crippen LogP contribution in [0.25, 0.3) is 0 Å². The number of nitrogen functional groups attached to an aromatic ring is 2. The summed E-state index contributed by atoms with van der Waals surface area (Å²) in [7, 11) is 2.64. The largest absolute Gasteiger partial charge is 0.506 e. The monoisotopic (exact) mass is 666 g/mol. The van der Waals surface area contributed by atoms with Crippen LogP contribution >= 0.6 is 71.0 Å². The molecule has 0 heterocycles. The van der Waals surface area contributed by atoms with Gasteiger partial charge in [-0.1, -0.05) is 39.1 Å². The van der Waals surface area contributed by atoms with Crippen LogP contribution in [-0.4, -0.2) is 43.2 Å². The van der Waals surface area contributed by atoms with Crippen LogP contribution in [0.4, 0.5) is 11.4 Å². The van der Waals surface area contributed by atoms with E-state index in [4.69, 9.17) is 44.5 Å². The maximum atomic E-state index is 10.8. The second kappa shape index (κ2) is 15.4. The number of carbonyl (C=O) groups is 2. The van der Waals surface area contributed by atoms with Crippen LogP contribution in [0.1, 0.15) is 0 Å². The number of hydrogen-bond donors (Lipinski definition) is 3. The Morgan fingerprint density at radius 3 is 1.84 bits per heavy atom. The van der Waals surface area contributed by atoms with Gasteiger partial charge in [-0.05, 0) is 56.1 Å². The smallest absolute Gasteiger partial charge is 0.343 e. The molecule has 0 saturated carbocycles. The Balaban J connectivity index is 0.000000484. The van der Waals surface area contributed by atoms with E-state index >= 15 is 0 Å². The third-order valence-electron chi connectivity index (χ3n) is 3.03. The minimum absolute atomic E-state index is 0.0382. The van der Waals surface area contributed by atoms with Gasteiger partial charge in [0.2, 0.25) is 0 Å². The fraction of sp³-hybridized carbons (Fsp3) is 0.222. The third-order valence-corrected chi connectivity index (χ3v) is 5.88. The summed E-state index contributed by atoms with van der Waals surface area (Å²) in [6, 6.07) is 6.08. The van der Waals surface area contributed by atoms with E-state index in [9.17, 15) is 9.59 Å². The number of rotatable bonds is 4. The standard InChI is InChI=1S/C9H9BrClNO3.C6H5BrClNO.C3H5BrO2/c1-14-9(13)4-15-8-2-5(10)6(11)3-7(8)12;7-3-1-6(10)5(9)2-4(3)8;1-6-3(5)2-4/h2-3H,4,12H2,1H3;1-2,10H,9H2;2H2,1H3. The molecule has 2 aromatic rings. The molecule has 31 heavy (non-hydrogen) atoms. The second-order valence-electron chi connectivity index (χ2n) is 5.20. The Hall–Kier alpha value is -1.40. The van der Waals surface area contributed by atoms with Crippen molar-refractivity contribution in [3.05, 3.63) is 43.3 Å². The molecule has 5 N–H and O–H groups in total. The van der Waals surface area contributed by atoms with Gasteiger partial charge >= 0.3 is 11.9 Å². The van der Waals surface area contributed by atoms with E-state index in [0.717, 1.165) is 0 Å². The SMILES string of the molecule is COC(=O)CBr.COC(=O)COc1cc(Br)c(Cl)cc1N.Nc1cc(Cl)c(Br)cc1O. The predicted molar refractivity (Wildman–Crippen MR) is 132 cm³/mol. The molecule has 0 atom stereocenters. The third kappa shape index (κ3) is 11.7. The topological polar surface area (TPSA) is 134 Å². The zero-order chi connectivity index (χ0) is 24.1. The maximum absolute atomic E-state index is 10.8. The summed E-state index contributed by atoms with van der Waals surface area (Å²) < 4.78 is 15.1. The van der Waals surface area contributed by atoms with Gasteiger partial charge in [0, 0.05) is 8.95 Å². The van der Waals surface area contributed by atoms with Gasteiger partial charge in [-0.25, -0.2) is 4.79 Å². The van der Waals surface area contributed by atoms with Crippen LogP contribution < -0.4 is 16.2 Å². The van der Waals surface area contributed by atoms with Gasteiger partial charge in [-0.2, -0.15) is 0 Å². The molecular weight excluding hydrogens is 651 g/mol. The summed E-state index contributed by atoms with van der Waals surface area (Å²) in [5, 5.41) is 10.3. The number of ether oxygens (including phenoxy) is 3. The molecule has 2 rings (SSSR count). The van der Waals surface area contributed by atoms with Crippen molar-refractivity contribution >= 4 is 94.3 Å². The van der Waals surface area contributed by atoms with Gasteiger partial charge in [-0.3, -0.25) is 4.79 Å². The van der Waals surface area contributed by atoms with E-state index in [1.54, 1.807) is 6.07 Å². The first-order chi connectivity index (χ1) is 14.5. The fourth-order valence-electron chi connectivity index (χ4n) is 1.47. The molecular formula is C18H19Br3Cl2N2O6. The number of hydrogen-bond acceptors (Lipinski definition) is 8. The number of alkyl halides is 1. The first-order valence-electron chi connectivity index (χ1n) is 7.97. The van der Waals surface area contributed by atoms with Gasteiger partial charge in [-0.15, -0.1) is 0 Å². The van der Waals surface area contributed by atoms with Crippen molar-refractivity contribution in [2.45, 2.75) is 0 Å². The summed E-state index contributed by atoms with van der Waals surface area (Å²) in [6.45, 7) is -0.186. The van der Waals surface area contributed by atoms with Gasteiger partial charge in [0.25, 0.3) is 0 Å². The van der Waals surface area contributed by atoms with Crippen molar-refractivity contribution in [1.29, 1.82) is 0 Å². The summed E-state index contributed by atoms with van der Waals surface area (Å²) in [4.78, 5) is 20.7. The Bertz CT molecular complexity index is 847. The van der Waals surface area contributed by atoms with Gasteiger partial charge in [0.15, 0.2) is 6.61 Å². The first kappa shape index (κ1) is 29.6. The molecule has 0 bridgehead atoms. The number of halogens is 5. The number of nitrogens with two attached hydrogens (primary N) is 2. The van der Waals surface area contributed by atoms with Crippen LogP contribution in [0.5, 0.6) is 11.5 Å². The zero-order valence-corrected chi connectivity index (χ0v) is 22.5. The molecule has 0 aromatic heterocycles. The maximum Gasteiger partial charge on any atom is 0.343 e. The van der Waals surface area contributed by atoms with E-state index in [2.05, 4.69) is 57.3 Å². The number of phenolic OH excluding ortho intramolecular Hbond substituents is 1. The molecule has 0 saturated heterocycles. The minimum Gasteiger partial charge on any atom is -0.506 e. The van der Waals surface area contributed by atoms with Gasteiger partial charge in [0.05, 0.1) is 35.6 Å². The quantitative estimate of drug-likeness (QED) is 0.176. The fourth-order valence-corrected chi connectivity index (χ4v) is 2.70. The van der Waals surface area contributed by atoms with Crippen LogP contribution in [0.15, 0.2) is 33.2 Å². The Morgan fingerprint density at radius 2 is 1.42 bits per heavy atom. The van der Waals surface area contributed by atoms with Crippen molar-refractivity contribution < 1.29 is 28.9 Å². The van der Waals surface area contributed by atoms with Gasteiger partial charge in [0.1, 0.15) is 16.8 Å². The van der Waals surface area contributed by atoms with Crippen LogP contribution in [0, 0.1) is 0 Å². The van der Waals surface area contributed by atoms with Crippen molar-refractivity contribution in [3.63, 3.8) is 0 Å². The number of phenols is 1. The molecule has 0 spiro atoms. The molecule has 0 unspecified atom stereocenters. The lowest BCUT2D eigenvalue weighted by Crippen LogP contribution is -2.13. The molecule has 0 aliphatic heterocycles. The molecule has 0 radical (unpaired) electrons. The van der Waals surface area contributed by atoms with Gasteiger partial charge < -0.3 is 30.8 Å². The van der Waals surface area contributed by atoms with Crippen molar-refractivity contribution in [2.24, 2.45) is 0 Å². The number of carbonyl (C=O) groups excluding carboxylic acids is 2. The highest BCUT2D eigenvalue weighted by Gasteiger charge is 2.08. The van der Waals surface area contributed by atoms with E-state index in [1.807, 2.05) is 0 Å². The average molecular weight is 670 g/mol. The Kier molecular flexibility index (Phi) is 14.7. The van der Waals surface area contributed by atoms with Crippen molar-refractivity contribution in [2.75, 3.05) is 37.6 Å². The van der Waals surface area contributed by atoms with Crippen molar-refractivity contribution in [1.82, 2.24) is 0 Å². The molecule has 172 valence electrons. The summed E-state index contributed by atoms with van der Waals surface area (Å²) in [5.41, 5.74) is 11.6. The molecule has 0 aliphatic rings. The summed E-state index contributed by atoms with van der Waals surface area (Å²) in [5.74, 6) is -0.288. The molecule has 13 heteroatoms. The highest BCUT2D eigenvalue weighted by atomic mass is 79.9. The lowest BCUT2D eigenvalue weighted by atomic mass is 10.3. The first-order valence-corrected chi connectivity index (χ1v) is 11.4. The van der Waals surface area contributed by atoms with Crippen molar-refractivity contribution in [3.8, 4) is 11.5 Å². The minimum atomic E-state index is -0.472. The second-order valence-corrected chi connectivity index (χ2v) is 8.29. The summed E-state index contributed by atoms with van der Waals surface area (Å²) >= 11 is 20.7. The Morgan fingerprint density at radius 1 is 0.935 bits per heavy atom. The number of benzene rings is 2. The lowest BCUT2D eigenvalue weighted by Gasteiger charge is -2.08. The molecule has 0 amide bonds. The number of methoxy groups -OCH3 is 2. The normalized spacial score (nSPS) is 9.39. The predicted octanol–water partition coefficient (Wildman–Crippen LogP) is 5.18. The highest BCUT2D eigenvalue weighted by molar-refractivity contribution is 9.11. The molecule has 2 aromatic carbocycles.